The fourth-order valence-corrected chi connectivity index (χ4v) is 6.91. The summed E-state index contributed by atoms with van der Waals surface area (Å²) in [5.74, 6) is -1.95. The number of nitrogens with two attached hydrogens (primary N) is 1. The van der Waals surface area contributed by atoms with Crippen LogP contribution < -0.4 is 32.3 Å². The number of benzene rings is 1. The van der Waals surface area contributed by atoms with Gasteiger partial charge in [0.2, 0.25) is 29.5 Å². The van der Waals surface area contributed by atoms with E-state index >= 15 is 0 Å². The zero-order valence-electron chi connectivity index (χ0n) is 31.3. The van der Waals surface area contributed by atoms with Crippen molar-refractivity contribution in [3.63, 3.8) is 0 Å². The summed E-state index contributed by atoms with van der Waals surface area (Å²) >= 11 is 1.59. The number of anilines is 1. The number of likely N-dealkylation sites (tertiary alicyclic amines) is 1. The van der Waals surface area contributed by atoms with Crippen molar-refractivity contribution in [3.05, 3.63) is 29.8 Å². The fraction of sp³-hybridized carbons (Fsp3) is 0.639. The van der Waals surface area contributed by atoms with Gasteiger partial charge in [-0.25, -0.2) is 9.59 Å². The van der Waals surface area contributed by atoms with Crippen molar-refractivity contribution in [1.29, 1.82) is 0 Å². The predicted molar refractivity (Wildman–Crippen MR) is 200 cm³/mol. The molecular weight excluding hydrogens is 691 g/mol. The van der Waals surface area contributed by atoms with Crippen LogP contribution in [0.2, 0.25) is 0 Å². The van der Waals surface area contributed by atoms with E-state index in [2.05, 4.69) is 47.4 Å². The zero-order chi connectivity index (χ0) is 38.8. The number of primary amides is 1. The van der Waals surface area contributed by atoms with Crippen molar-refractivity contribution in [2.24, 2.45) is 11.7 Å². The predicted octanol–water partition coefficient (Wildman–Crippen LogP) is 3.56. The van der Waals surface area contributed by atoms with E-state index in [1.54, 1.807) is 49.9 Å². The van der Waals surface area contributed by atoms with E-state index in [0.717, 1.165) is 12.8 Å². The molecule has 15 nitrogen and oxygen atoms in total. The van der Waals surface area contributed by atoms with Crippen LogP contribution in [0.25, 0.3) is 0 Å². The Hall–Kier alpha value is -4.34. The highest BCUT2D eigenvalue weighted by Gasteiger charge is 2.41. The molecule has 0 spiro atoms. The topological polar surface area (TPSA) is 218 Å². The normalized spacial score (nSPS) is 15.5. The molecule has 16 heteroatoms. The Morgan fingerprint density at radius 2 is 1.65 bits per heavy atom. The number of hydrogen-bond acceptors (Lipinski definition) is 9. The van der Waals surface area contributed by atoms with Gasteiger partial charge in [0.05, 0.1) is 5.25 Å². The second-order valence-electron chi connectivity index (χ2n) is 13.5. The molecule has 1 aliphatic rings. The number of imide groups is 1. The number of unbranched alkanes of at least 4 members (excludes halogenated alkanes) is 2. The molecule has 1 saturated heterocycles. The van der Waals surface area contributed by atoms with Gasteiger partial charge in [-0.3, -0.25) is 28.9 Å². The number of ether oxygens (including phenoxy) is 1. The SMILES string of the molecule is CCC(C)(CC)SC1CC(=O)N(CCCCCC(=O)N[C@H](C(=O)N[C@@H](CCCNC(N)=O)C(=O)Nc2ccc(COC(=O)NC)cc2)C(C)C)C1=O. The van der Waals surface area contributed by atoms with Gasteiger partial charge in [-0.05, 0) is 62.1 Å². The van der Waals surface area contributed by atoms with Crippen LogP contribution in [0.1, 0.15) is 98.0 Å². The van der Waals surface area contributed by atoms with E-state index in [0.29, 0.717) is 43.5 Å². The second-order valence-corrected chi connectivity index (χ2v) is 15.2. The number of carbonyl (C=O) groups excluding carboxylic acids is 7. The highest BCUT2D eigenvalue weighted by Crippen LogP contribution is 2.39. The van der Waals surface area contributed by atoms with Gasteiger partial charge in [0.25, 0.3) is 0 Å². The van der Waals surface area contributed by atoms with Gasteiger partial charge in [0.15, 0.2) is 0 Å². The van der Waals surface area contributed by atoms with Crippen molar-refractivity contribution in [2.75, 3.05) is 25.5 Å². The van der Waals surface area contributed by atoms with Gasteiger partial charge in [-0.15, -0.1) is 11.8 Å². The standard InChI is InChI=1S/C36H57N7O8S/c1-7-36(5,8-2)52-27-21-29(45)43(33(27)48)20-11-9-10-14-28(44)42-30(23(3)4)32(47)41-26(13-12-19-39-34(37)49)31(46)40-25-17-15-24(16-18-25)22-51-35(50)38-6/h15-18,23,26-27,30H,7-14,19-22H2,1-6H3,(H,38,50)(H,40,46)(H,41,47)(H,42,44)(H3,37,39,49)/t26-,27?,30-/m0/s1. The maximum atomic E-state index is 13.4. The summed E-state index contributed by atoms with van der Waals surface area (Å²) in [5, 5.41) is 12.8. The first kappa shape index (κ1) is 43.8. The highest BCUT2D eigenvalue weighted by molar-refractivity contribution is 8.02. The summed E-state index contributed by atoms with van der Waals surface area (Å²) in [6.45, 7) is 10.4. The van der Waals surface area contributed by atoms with Gasteiger partial charge >= 0.3 is 12.1 Å². The van der Waals surface area contributed by atoms with Crippen LogP contribution in [0.15, 0.2) is 24.3 Å². The third-order valence-electron chi connectivity index (χ3n) is 9.07. The molecule has 1 unspecified atom stereocenters. The molecule has 0 saturated carbocycles. The van der Waals surface area contributed by atoms with Crippen LogP contribution in [-0.4, -0.2) is 88.8 Å². The van der Waals surface area contributed by atoms with Crippen LogP contribution in [0.5, 0.6) is 0 Å². The molecule has 1 fully saturated rings. The van der Waals surface area contributed by atoms with Crippen molar-refractivity contribution >= 4 is 59.1 Å². The molecule has 0 aromatic heterocycles. The monoisotopic (exact) mass is 747 g/mol. The molecule has 1 aromatic carbocycles. The third kappa shape index (κ3) is 14.7. The van der Waals surface area contributed by atoms with Gasteiger partial charge in [-0.2, -0.15) is 0 Å². The molecule has 290 valence electrons. The van der Waals surface area contributed by atoms with E-state index in [4.69, 9.17) is 10.5 Å². The molecule has 1 aromatic rings. The maximum Gasteiger partial charge on any atom is 0.407 e. The molecule has 1 aliphatic heterocycles. The Kier molecular flexibility index (Phi) is 18.4. The molecule has 0 bridgehead atoms. The summed E-state index contributed by atoms with van der Waals surface area (Å²) < 4.78 is 4.97. The number of amides is 8. The molecular formula is C36H57N7O8S. The molecule has 0 aliphatic carbocycles. The first-order valence-electron chi connectivity index (χ1n) is 18.0. The lowest BCUT2D eigenvalue weighted by atomic mass is 10.0. The van der Waals surface area contributed by atoms with Crippen molar-refractivity contribution in [1.82, 2.24) is 26.2 Å². The summed E-state index contributed by atoms with van der Waals surface area (Å²) in [5.41, 5.74) is 6.30. The minimum Gasteiger partial charge on any atom is -0.445 e. The maximum absolute atomic E-state index is 13.4. The van der Waals surface area contributed by atoms with Crippen LogP contribution in [0, 0.1) is 5.92 Å². The number of thioether (sulfide) groups is 1. The van der Waals surface area contributed by atoms with E-state index in [1.807, 2.05) is 0 Å². The van der Waals surface area contributed by atoms with Gasteiger partial charge in [-0.1, -0.05) is 53.2 Å². The quantitative estimate of drug-likeness (QED) is 0.0754. The first-order chi connectivity index (χ1) is 24.6. The average Bonchev–Trinajstić information content (AvgIpc) is 3.37. The van der Waals surface area contributed by atoms with Crippen LogP contribution >= 0.6 is 11.8 Å². The Morgan fingerprint density at radius 3 is 2.25 bits per heavy atom. The molecule has 52 heavy (non-hydrogen) atoms. The lowest BCUT2D eigenvalue weighted by Crippen LogP contribution is -2.54. The first-order valence-corrected chi connectivity index (χ1v) is 18.9. The summed E-state index contributed by atoms with van der Waals surface area (Å²) in [6.07, 6.45) is 3.82. The Morgan fingerprint density at radius 1 is 0.981 bits per heavy atom. The minimum atomic E-state index is -0.997. The van der Waals surface area contributed by atoms with Gasteiger partial charge < -0.3 is 37.1 Å². The number of alkyl carbamates (subject to hydrolysis) is 1. The van der Waals surface area contributed by atoms with Gasteiger partial charge in [0.1, 0.15) is 18.7 Å². The fourth-order valence-electron chi connectivity index (χ4n) is 5.44. The van der Waals surface area contributed by atoms with E-state index in [9.17, 15) is 33.6 Å². The van der Waals surface area contributed by atoms with E-state index in [-0.39, 0.29) is 66.1 Å². The number of carbonyl (C=O) groups is 7. The molecule has 7 N–H and O–H groups in total. The van der Waals surface area contributed by atoms with Gasteiger partial charge in [0, 0.05) is 43.4 Å². The minimum absolute atomic E-state index is 0.0417. The van der Waals surface area contributed by atoms with Crippen molar-refractivity contribution in [3.8, 4) is 0 Å². The lowest BCUT2D eigenvalue weighted by molar-refractivity contribution is -0.138. The molecule has 2 rings (SSSR count). The Labute approximate surface area is 311 Å². The average molecular weight is 748 g/mol. The molecule has 3 atom stereocenters. The number of hydrogen-bond donors (Lipinski definition) is 6. The molecule has 0 radical (unpaired) electrons. The van der Waals surface area contributed by atoms with Crippen LogP contribution in [0.3, 0.4) is 0 Å². The number of rotatable bonds is 22. The number of nitrogens with one attached hydrogen (secondary N) is 5. The zero-order valence-corrected chi connectivity index (χ0v) is 32.1. The number of nitrogens with zero attached hydrogens (tertiary/aromatic N) is 1. The summed E-state index contributed by atoms with van der Waals surface area (Å²) in [7, 11) is 1.45. The highest BCUT2D eigenvalue weighted by atomic mass is 32.2. The van der Waals surface area contributed by atoms with E-state index < -0.39 is 36.0 Å². The second kappa shape index (κ2) is 21.9. The van der Waals surface area contributed by atoms with Crippen molar-refractivity contribution < 1.29 is 38.3 Å². The molecule has 8 amide bonds. The summed E-state index contributed by atoms with van der Waals surface area (Å²) in [6, 6.07) is 4.02. The number of urea groups is 1. The smallest absolute Gasteiger partial charge is 0.407 e. The summed E-state index contributed by atoms with van der Waals surface area (Å²) in [4.78, 5) is 89.0. The molecule has 1 heterocycles. The van der Waals surface area contributed by atoms with E-state index in [1.165, 1.54) is 11.9 Å². The Balaban J connectivity index is 1.92. The Bertz CT molecular complexity index is 1390. The lowest BCUT2D eigenvalue weighted by Gasteiger charge is -2.28. The third-order valence-corrected chi connectivity index (χ3v) is 10.9. The van der Waals surface area contributed by atoms with Crippen LogP contribution in [-0.2, 0) is 35.3 Å². The van der Waals surface area contributed by atoms with Crippen molar-refractivity contribution in [2.45, 2.75) is 121 Å². The largest absolute Gasteiger partial charge is 0.445 e. The van der Waals surface area contributed by atoms with Crippen LogP contribution in [0.4, 0.5) is 15.3 Å².